The Bertz CT molecular complexity index is 1750. The molecule has 0 atom stereocenters. The second-order valence-corrected chi connectivity index (χ2v) is 10.2. The average Bonchev–Trinajstić information content (AvgIpc) is 3.60. The van der Waals surface area contributed by atoms with Crippen molar-refractivity contribution in [1.82, 2.24) is 40.8 Å². The third-order valence-corrected chi connectivity index (χ3v) is 7.39. The number of nitrogens with one attached hydrogen (secondary N) is 2. The predicted molar refractivity (Wildman–Crippen MR) is 145 cm³/mol. The van der Waals surface area contributed by atoms with Gasteiger partial charge < -0.3 is 10.6 Å². The number of nitrogens with zero attached hydrogens (tertiary/aromatic N) is 6. The highest BCUT2D eigenvalue weighted by Crippen LogP contribution is 2.38. The first-order valence-electron chi connectivity index (χ1n) is 12.4. The first-order valence-corrected chi connectivity index (χ1v) is 13.3. The van der Waals surface area contributed by atoms with Crippen molar-refractivity contribution in [3.63, 3.8) is 0 Å². The van der Waals surface area contributed by atoms with Gasteiger partial charge in [0.2, 0.25) is 5.82 Å². The van der Waals surface area contributed by atoms with Crippen LogP contribution in [0, 0.1) is 0 Å². The molecule has 210 valence electrons. The molecule has 0 bridgehead atoms. The largest absolute Gasteiger partial charge is 0.425 e. The minimum atomic E-state index is -4.41. The summed E-state index contributed by atoms with van der Waals surface area (Å²) in [5.41, 5.74) is 3.36. The lowest BCUT2D eigenvalue weighted by molar-refractivity contribution is -0.134. The van der Waals surface area contributed by atoms with Gasteiger partial charge in [0, 0.05) is 29.4 Å². The molecule has 2 amide bonds. The van der Waals surface area contributed by atoms with E-state index in [2.05, 4.69) is 36.0 Å². The van der Waals surface area contributed by atoms with Crippen molar-refractivity contribution < 1.29 is 22.8 Å². The summed E-state index contributed by atoms with van der Waals surface area (Å²) in [5, 5.41) is 18.1. The molecule has 2 aromatic carbocycles. The molecule has 0 aliphatic carbocycles. The second-order valence-electron chi connectivity index (χ2n) is 9.07. The van der Waals surface area contributed by atoms with Crippen molar-refractivity contribution in [2.75, 3.05) is 0 Å². The highest BCUT2D eigenvalue weighted by atomic mass is 32.1. The third kappa shape index (κ3) is 6.38. The van der Waals surface area contributed by atoms with Crippen molar-refractivity contribution in [3.8, 4) is 11.4 Å². The highest BCUT2D eigenvalue weighted by Gasteiger charge is 2.32. The molecular formula is C27H23F3N8O2S. The van der Waals surface area contributed by atoms with Gasteiger partial charge in [0.15, 0.2) is 0 Å². The lowest BCUT2D eigenvalue weighted by Crippen LogP contribution is -2.27. The van der Waals surface area contributed by atoms with E-state index < -0.39 is 22.9 Å². The van der Waals surface area contributed by atoms with E-state index in [1.54, 1.807) is 25.2 Å². The molecule has 41 heavy (non-hydrogen) atoms. The summed E-state index contributed by atoms with van der Waals surface area (Å²) in [6.45, 7) is 2.31. The van der Waals surface area contributed by atoms with Crippen LogP contribution in [0.1, 0.15) is 49.5 Å². The number of benzene rings is 2. The number of fused-ring (bicyclic) bond motifs is 1. The molecule has 0 aliphatic rings. The Kier molecular flexibility index (Phi) is 7.75. The number of tetrazole rings is 1. The van der Waals surface area contributed by atoms with Gasteiger partial charge >= 0.3 is 6.18 Å². The minimum absolute atomic E-state index is 0.0169. The lowest BCUT2D eigenvalue weighted by atomic mass is 10.0. The molecular weight excluding hydrogens is 557 g/mol. The molecule has 14 heteroatoms. The van der Waals surface area contributed by atoms with Crippen LogP contribution in [0.25, 0.3) is 21.5 Å². The molecule has 0 unspecified atom stereocenters. The number of halogens is 3. The van der Waals surface area contributed by atoms with E-state index in [0.717, 1.165) is 35.5 Å². The van der Waals surface area contributed by atoms with Crippen molar-refractivity contribution in [3.05, 3.63) is 87.8 Å². The van der Waals surface area contributed by atoms with Crippen molar-refractivity contribution in [2.45, 2.75) is 32.6 Å². The number of rotatable bonds is 8. The van der Waals surface area contributed by atoms with Gasteiger partial charge in [-0.2, -0.15) is 18.0 Å². The van der Waals surface area contributed by atoms with Gasteiger partial charge in [-0.3, -0.25) is 9.59 Å². The molecule has 3 heterocycles. The fraction of sp³-hybridized carbons (Fsp3) is 0.222. The number of carbonyl (C=O) groups excluding carboxylic acids is 2. The van der Waals surface area contributed by atoms with Crippen LogP contribution >= 0.6 is 11.3 Å². The number of alkyl halides is 3. The van der Waals surface area contributed by atoms with Gasteiger partial charge in [0.25, 0.3) is 11.8 Å². The summed E-state index contributed by atoms with van der Waals surface area (Å²) in [7, 11) is 1.69. The van der Waals surface area contributed by atoms with E-state index in [9.17, 15) is 22.8 Å². The lowest BCUT2D eigenvalue weighted by Gasteiger charge is -2.11. The Labute approximate surface area is 235 Å². The summed E-state index contributed by atoms with van der Waals surface area (Å²) in [6.07, 6.45) is -2.56. The van der Waals surface area contributed by atoms with Crippen molar-refractivity contribution in [2.24, 2.45) is 7.05 Å². The number of thiophene rings is 1. The maximum absolute atomic E-state index is 13.0. The maximum Gasteiger partial charge on any atom is 0.425 e. The summed E-state index contributed by atoms with van der Waals surface area (Å²) in [5.74, 6) is -0.524. The van der Waals surface area contributed by atoms with Crippen molar-refractivity contribution in [1.29, 1.82) is 0 Å². The first kappa shape index (κ1) is 27.8. The topological polar surface area (TPSA) is 128 Å². The average molecular weight is 581 g/mol. The zero-order valence-corrected chi connectivity index (χ0v) is 22.7. The number of amides is 2. The molecule has 5 aromatic rings. The van der Waals surface area contributed by atoms with Gasteiger partial charge in [-0.25, -0.2) is 9.97 Å². The van der Waals surface area contributed by atoms with E-state index >= 15 is 0 Å². The van der Waals surface area contributed by atoms with Crippen LogP contribution in [-0.4, -0.2) is 42.0 Å². The quantitative estimate of drug-likeness (QED) is 0.280. The summed E-state index contributed by atoms with van der Waals surface area (Å²) in [6, 6.07) is 12.9. The zero-order chi connectivity index (χ0) is 29.1. The Morgan fingerprint density at radius 2 is 1.66 bits per heavy atom. The van der Waals surface area contributed by atoms with Crippen LogP contribution in [-0.2, 0) is 32.7 Å². The Hall–Kier alpha value is -4.72. The molecule has 5 rings (SSSR count). The van der Waals surface area contributed by atoms with Crippen molar-refractivity contribution >= 4 is 33.2 Å². The normalized spacial score (nSPS) is 11.5. The highest BCUT2D eigenvalue weighted by molar-refractivity contribution is 7.19. The van der Waals surface area contributed by atoms with E-state index in [1.807, 2.05) is 25.1 Å². The second kappa shape index (κ2) is 11.4. The van der Waals surface area contributed by atoms with Gasteiger partial charge in [-0.1, -0.05) is 31.2 Å². The number of hydrogen-bond acceptors (Lipinski definition) is 8. The molecule has 10 nitrogen and oxygen atoms in total. The monoisotopic (exact) mass is 580 g/mol. The van der Waals surface area contributed by atoms with Crippen LogP contribution in [0.5, 0.6) is 0 Å². The molecule has 0 aliphatic heterocycles. The van der Waals surface area contributed by atoms with Gasteiger partial charge in [0.1, 0.15) is 22.6 Å². The van der Waals surface area contributed by atoms with E-state index in [1.165, 1.54) is 10.9 Å². The standard InChI is InChI=1S/C27H23F3N8O2S/c1-3-16-9-18(24-35-37-38(2)36-24)6-7-19(16)13-32-26(40)21-11-20(33-14-34-21)25(39)31-12-15-4-5-17-10-23(27(28,29)30)41-22(17)8-15/h4-11,14H,3,12-13H2,1-2H3,(H,31,39)(H,32,40). The molecule has 0 radical (unpaired) electrons. The first-order chi connectivity index (χ1) is 19.6. The molecule has 0 saturated carbocycles. The fourth-order valence-electron chi connectivity index (χ4n) is 4.14. The zero-order valence-electron chi connectivity index (χ0n) is 21.9. The minimum Gasteiger partial charge on any atom is -0.347 e. The van der Waals surface area contributed by atoms with Gasteiger partial charge in [-0.05, 0) is 51.9 Å². The van der Waals surface area contributed by atoms with Crippen LogP contribution < -0.4 is 10.6 Å². The number of aryl methyl sites for hydroxylation is 2. The molecule has 0 spiro atoms. The third-order valence-electron chi connectivity index (χ3n) is 6.24. The smallest absolute Gasteiger partial charge is 0.347 e. The molecule has 2 N–H and O–H groups in total. The molecule has 0 fully saturated rings. The Morgan fingerprint density at radius 1 is 0.927 bits per heavy atom. The number of hydrogen-bond donors (Lipinski definition) is 2. The van der Waals surface area contributed by atoms with E-state index in [0.29, 0.717) is 32.8 Å². The summed E-state index contributed by atoms with van der Waals surface area (Å²) < 4.78 is 39.5. The summed E-state index contributed by atoms with van der Waals surface area (Å²) >= 11 is 0.648. The van der Waals surface area contributed by atoms with Crippen LogP contribution in [0.15, 0.2) is 54.9 Å². The predicted octanol–water partition coefficient (Wildman–Crippen LogP) is 4.32. The van der Waals surface area contributed by atoms with Crippen LogP contribution in [0.3, 0.4) is 0 Å². The molecule has 3 aromatic heterocycles. The van der Waals surface area contributed by atoms with Gasteiger partial charge in [-0.15, -0.1) is 21.5 Å². The fourth-order valence-corrected chi connectivity index (χ4v) is 5.13. The Balaban J connectivity index is 1.21. The van der Waals surface area contributed by atoms with Gasteiger partial charge in [0.05, 0.1) is 7.05 Å². The maximum atomic E-state index is 13.0. The number of aromatic nitrogens is 6. The SMILES string of the molecule is CCc1cc(-c2nnn(C)n2)ccc1CNC(=O)c1cc(C(=O)NCc2ccc3cc(C(F)(F)F)sc3c2)ncn1. The van der Waals surface area contributed by atoms with Crippen LogP contribution in [0.4, 0.5) is 13.2 Å². The molecule has 0 saturated heterocycles. The van der Waals surface area contributed by atoms with Crippen LogP contribution in [0.2, 0.25) is 0 Å². The van der Waals surface area contributed by atoms with E-state index in [4.69, 9.17) is 0 Å². The number of carbonyl (C=O) groups is 2. The van der Waals surface area contributed by atoms with E-state index in [-0.39, 0.29) is 24.5 Å². The summed E-state index contributed by atoms with van der Waals surface area (Å²) in [4.78, 5) is 34.2. The Morgan fingerprint density at radius 3 is 2.32 bits per heavy atom.